The van der Waals surface area contributed by atoms with Gasteiger partial charge in [0, 0.05) is 22.9 Å². The van der Waals surface area contributed by atoms with E-state index >= 15 is 0 Å². The number of carboxylic acid groups (broad SMARTS) is 1. The highest BCUT2D eigenvalue weighted by molar-refractivity contribution is 5.85. The Morgan fingerprint density at radius 1 is 1.26 bits per heavy atom. The number of carbonyl (C=O) groups is 2. The van der Waals surface area contributed by atoms with Crippen LogP contribution in [0.2, 0.25) is 0 Å². The van der Waals surface area contributed by atoms with Crippen molar-refractivity contribution in [3.05, 3.63) is 29.8 Å². The van der Waals surface area contributed by atoms with Crippen LogP contribution in [-0.4, -0.2) is 29.6 Å². The first-order valence-corrected chi connectivity index (χ1v) is 8.36. The van der Waals surface area contributed by atoms with Crippen LogP contribution in [0.4, 0.5) is 0 Å². The molecule has 1 aromatic carbocycles. The summed E-state index contributed by atoms with van der Waals surface area (Å²) in [5, 5.41) is 12.2. The van der Waals surface area contributed by atoms with Crippen molar-refractivity contribution in [2.75, 3.05) is 6.61 Å². The molecule has 2 N–H and O–H groups in total. The maximum atomic E-state index is 12.6. The molecule has 4 rings (SSSR count). The number of nitrogens with one attached hydrogen (secondary N) is 1. The number of carboxylic acids is 1. The zero-order chi connectivity index (χ0) is 16.0. The molecule has 0 bridgehead atoms. The van der Waals surface area contributed by atoms with Gasteiger partial charge in [-0.2, -0.15) is 0 Å². The largest absolute Gasteiger partial charge is 0.493 e. The predicted octanol–water partition coefficient (Wildman–Crippen LogP) is 2.10. The van der Waals surface area contributed by atoms with Crippen molar-refractivity contribution in [1.82, 2.24) is 5.32 Å². The van der Waals surface area contributed by atoms with E-state index in [0.29, 0.717) is 19.4 Å². The van der Waals surface area contributed by atoms with Gasteiger partial charge in [-0.3, -0.25) is 9.59 Å². The summed E-state index contributed by atoms with van der Waals surface area (Å²) in [6, 6.07) is 8.00. The Morgan fingerprint density at radius 3 is 2.87 bits per heavy atom. The Balaban J connectivity index is 1.44. The molecule has 0 aromatic heterocycles. The summed E-state index contributed by atoms with van der Waals surface area (Å²) in [6.45, 7) is 0.658. The van der Waals surface area contributed by atoms with Gasteiger partial charge in [0.15, 0.2) is 0 Å². The normalized spacial score (nSPS) is 34.5. The smallest absolute Gasteiger partial charge is 0.306 e. The molecule has 5 nitrogen and oxygen atoms in total. The number of para-hydroxylation sites is 1. The molecule has 1 aliphatic heterocycles. The van der Waals surface area contributed by atoms with Crippen molar-refractivity contribution in [2.24, 2.45) is 11.8 Å². The first kappa shape index (κ1) is 14.5. The lowest BCUT2D eigenvalue weighted by molar-refractivity contribution is -0.141. The molecular formula is C18H21NO4. The van der Waals surface area contributed by atoms with Crippen LogP contribution >= 0.6 is 0 Å². The summed E-state index contributed by atoms with van der Waals surface area (Å²) in [7, 11) is 0. The Morgan fingerprint density at radius 2 is 2.09 bits per heavy atom. The molecule has 1 aromatic rings. The van der Waals surface area contributed by atoms with E-state index in [-0.39, 0.29) is 29.2 Å². The van der Waals surface area contributed by atoms with Gasteiger partial charge in [-0.15, -0.1) is 0 Å². The minimum absolute atomic E-state index is 0.00331. The number of ether oxygens (including phenoxy) is 1. The van der Waals surface area contributed by atoms with Crippen LogP contribution in [0.25, 0.3) is 0 Å². The van der Waals surface area contributed by atoms with Gasteiger partial charge in [-0.1, -0.05) is 18.2 Å². The summed E-state index contributed by atoms with van der Waals surface area (Å²) >= 11 is 0. The molecule has 0 radical (unpaired) electrons. The van der Waals surface area contributed by atoms with Gasteiger partial charge in [0.2, 0.25) is 5.91 Å². The fourth-order valence-electron chi connectivity index (χ4n) is 4.34. The molecule has 0 saturated heterocycles. The van der Waals surface area contributed by atoms with Crippen LogP contribution < -0.4 is 10.1 Å². The quantitative estimate of drug-likeness (QED) is 0.895. The highest BCUT2D eigenvalue weighted by Gasteiger charge is 2.61. The molecule has 2 saturated carbocycles. The van der Waals surface area contributed by atoms with Crippen molar-refractivity contribution in [3.63, 3.8) is 0 Å². The van der Waals surface area contributed by atoms with Crippen molar-refractivity contribution in [3.8, 4) is 5.75 Å². The van der Waals surface area contributed by atoms with Gasteiger partial charge in [-0.25, -0.2) is 0 Å². The lowest BCUT2D eigenvalue weighted by atomic mass is 9.87. The number of benzene rings is 1. The monoisotopic (exact) mass is 315 g/mol. The highest BCUT2D eigenvalue weighted by atomic mass is 16.5. The minimum Gasteiger partial charge on any atom is -0.493 e. The second-order valence-electron chi connectivity index (χ2n) is 7.06. The van der Waals surface area contributed by atoms with Gasteiger partial charge in [-0.05, 0) is 38.2 Å². The summed E-state index contributed by atoms with van der Waals surface area (Å²) < 4.78 is 5.70. The maximum Gasteiger partial charge on any atom is 0.306 e. The first-order valence-electron chi connectivity index (χ1n) is 8.36. The van der Waals surface area contributed by atoms with Gasteiger partial charge in [0.25, 0.3) is 0 Å². The predicted molar refractivity (Wildman–Crippen MR) is 83.2 cm³/mol. The summed E-state index contributed by atoms with van der Waals surface area (Å²) in [6.07, 6.45) is 3.73. The van der Waals surface area contributed by atoms with E-state index < -0.39 is 5.97 Å². The van der Waals surface area contributed by atoms with E-state index in [1.54, 1.807) is 0 Å². The van der Waals surface area contributed by atoms with E-state index in [2.05, 4.69) is 11.4 Å². The third kappa shape index (κ3) is 2.38. The van der Waals surface area contributed by atoms with Crippen molar-refractivity contribution >= 4 is 11.9 Å². The third-order valence-electron chi connectivity index (χ3n) is 5.75. The van der Waals surface area contributed by atoms with E-state index in [1.165, 1.54) is 0 Å². The van der Waals surface area contributed by atoms with Gasteiger partial charge < -0.3 is 15.2 Å². The number of aliphatic carboxylic acids is 1. The maximum absolute atomic E-state index is 12.6. The van der Waals surface area contributed by atoms with Crippen LogP contribution in [0.5, 0.6) is 5.75 Å². The molecule has 5 heteroatoms. The van der Waals surface area contributed by atoms with Crippen LogP contribution in [0.3, 0.4) is 0 Å². The standard InChI is InChI=1S/C18H21NO4/c20-16(19-12-6-5-11(9-12)17(21)22)14-10-18(14)7-8-23-15-4-2-1-3-13(15)18/h1-4,11-12,14H,5-10H2,(H,19,20)(H,21,22)/t11-,12+,14+,18+/m1/s1. The zero-order valence-electron chi connectivity index (χ0n) is 13.0. The second kappa shape index (κ2) is 5.25. The number of fused-ring (bicyclic) bond motifs is 2. The van der Waals surface area contributed by atoms with Crippen molar-refractivity contribution in [2.45, 2.75) is 43.6 Å². The fourth-order valence-corrected chi connectivity index (χ4v) is 4.34. The summed E-state index contributed by atoms with van der Waals surface area (Å²) in [5.41, 5.74) is 1.09. The topological polar surface area (TPSA) is 75.6 Å². The molecule has 2 aliphatic carbocycles. The van der Waals surface area contributed by atoms with E-state index in [4.69, 9.17) is 9.84 Å². The number of rotatable bonds is 3. The molecule has 3 aliphatic rings. The Hall–Kier alpha value is -2.04. The number of hydrogen-bond donors (Lipinski definition) is 2. The number of carbonyl (C=O) groups excluding carboxylic acids is 1. The van der Waals surface area contributed by atoms with Crippen LogP contribution in [0.15, 0.2) is 24.3 Å². The molecule has 4 atom stereocenters. The fraction of sp³-hybridized carbons (Fsp3) is 0.556. The van der Waals surface area contributed by atoms with E-state index in [0.717, 1.165) is 30.6 Å². The summed E-state index contributed by atoms with van der Waals surface area (Å²) in [4.78, 5) is 23.7. The molecule has 2 fully saturated rings. The number of hydrogen-bond acceptors (Lipinski definition) is 3. The lowest BCUT2D eigenvalue weighted by Crippen LogP contribution is -2.37. The number of amides is 1. The Labute approximate surface area is 135 Å². The Kier molecular flexibility index (Phi) is 3.32. The summed E-state index contributed by atoms with van der Waals surface area (Å²) in [5.74, 6) is -0.0738. The second-order valence-corrected chi connectivity index (χ2v) is 7.06. The van der Waals surface area contributed by atoms with Gasteiger partial charge in [0.05, 0.1) is 12.5 Å². The van der Waals surface area contributed by atoms with E-state index in [1.807, 2.05) is 18.2 Å². The van der Waals surface area contributed by atoms with Gasteiger partial charge >= 0.3 is 5.97 Å². The third-order valence-corrected chi connectivity index (χ3v) is 5.75. The van der Waals surface area contributed by atoms with Crippen LogP contribution in [0.1, 0.15) is 37.7 Å². The van der Waals surface area contributed by atoms with Crippen LogP contribution in [-0.2, 0) is 15.0 Å². The zero-order valence-corrected chi connectivity index (χ0v) is 13.0. The molecule has 1 heterocycles. The van der Waals surface area contributed by atoms with Crippen molar-refractivity contribution in [1.29, 1.82) is 0 Å². The molecule has 0 unspecified atom stereocenters. The molecular weight excluding hydrogens is 294 g/mol. The first-order chi connectivity index (χ1) is 11.1. The molecule has 23 heavy (non-hydrogen) atoms. The lowest BCUT2D eigenvalue weighted by Gasteiger charge is -2.27. The Bertz CT molecular complexity index is 658. The molecule has 1 spiro atoms. The SMILES string of the molecule is O=C(O)[C@@H]1CC[C@H](NC(=O)[C@@H]2C[C@]23CCOc2ccccc23)C1. The van der Waals surface area contributed by atoms with Crippen molar-refractivity contribution < 1.29 is 19.4 Å². The average Bonchev–Trinajstić information content (AvgIpc) is 3.06. The minimum atomic E-state index is -0.747. The highest BCUT2D eigenvalue weighted by Crippen LogP contribution is 2.60. The molecule has 122 valence electrons. The van der Waals surface area contributed by atoms with Crippen LogP contribution in [0, 0.1) is 11.8 Å². The average molecular weight is 315 g/mol. The van der Waals surface area contributed by atoms with E-state index in [9.17, 15) is 9.59 Å². The van der Waals surface area contributed by atoms with Gasteiger partial charge in [0.1, 0.15) is 5.75 Å². The molecule has 1 amide bonds.